The van der Waals surface area contributed by atoms with E-state index in [9.17, 15) is 18.7 Å². The van der Waals surface area contributed by atoms with Gasteiger partial charge in [-0.1, -0.05) is 12.1 Å². The van der Waals surface area contributed by atoms with Gasteiger partial charge in [0.15, 0.2) is 0 Å². The van der Waals surface area contributed by atoms with Crippen molar-refractivity contribution in [1.29, 1.82) is 0 Å². The minimum Gasteiger partial charge on any atom is -0.435 e. The van der Waals surface area contributed by atoms with Crippen LogP contribution in [0.5, 0.6) is 5.75 Å². The zero-order chi connectivity index (χ0) is 16.7. The van der Waals surface area contributed by atoms with Crippen molar-refractivity contribution in [3.8, 4) is 5.75 Å². The summed E-state index contributed by atoms with van der Waals surface area (Å²) in [5.41, 5.74) is 1.49. The van der Waals surface area contributed by atoms with Gasteiger partial charge in [-0.3, -0.25) is 0 Å². The average Bonchev–Trinajstić information content (AvgIpc) is 3.04. The van der Waals surface area contributed by atoms with Crippen LogP contribution in [-0.4, -0.2) is 24.3 Å². The maximum absolute atomic E-state index is 12.0. The summed E-state index contributed by atoms with van der Waals surface area (Å²) in [4.78, 5) is 11.6. The third kappa shape index (κ3) is 5.84. The van der Waals surface area contributed by atoms with Crippen LogP contribution in [0.1, 0.15) is 17.2 Å². The quantitative estimate of drug-likeness (QED) is 0.725. The monoisotopic (exact) mass is 342 g/mol. The summed E-state index contributed by atoms with van der Waals surface area (Å²) < 4.78 is 28.3. The first kappa shape index (κ1) is 17.2. The SMILES string of the molecule is O=C(NCc1ccsc1)NCC(O)c1ccc(OC(F)F)cc1. The highest BCUT2D eigenvalue weighted by Crippen LogP contribution is 2.18. The molecule has 2 rings (SSSR count). The van der Waals surface area contributed by atoms with Crippen molar-refractivity contribution in [1.82, 2.24) is 10.6 Å². The van der Waals surface area contributed by atoms with Crippen LogP contribution in [0.3, 0.4) is 0 Å². The largest absolute Gasteiger partial charge is 0.435 e. The van der Waals surface area contributed by atoms with Gasteiger partial charge in [0.1, 0.15) is 5.75 Å². The molecule has 0 radical (unpaired) electrons. The number of halogens is 2. The first-order valence-electron chi connectivity index (χ1n) is 6.80. The van der Waals surface area contributed by atoms with E-state index in [1.165, 1.54) is 24.3 Å². The smallest absolute Gasteiger partial charge is 0.387 e. The third-order valence-corrected chi connectivity index (χ3v) is 3.71. The van der Waals surface area contributed by atoms with Crippen molar-refractivity contribution < 1.29 is 23.4 Å². The number of hydrogen-bond donors (Lipinski definition) is 3. The Hall–Kier alpha value is -2.19. The third-order valence-electron chi connectivity index (χ3n) is 2.98. The lowest BCUT2D eigenvalue weighted by atomic mass is 10.1. The predicted molar refractivity (Wildman–Crippen MR) is 82.6 cm³/mol. The molecule has 23 heavy (non-hydrogen) atoms. The van der Waals surface area contributed by atoms with E-state index in [0.717, 1.165) is 5.56 Å². The molecule has 1 aromatic carbocycles. The van der Waals surface area contributed by atoms with Gasteiger partial charge in [0.05, 0.1) is 6.10 Å². The van der Waals surface area contributed by atoms with Crippen molar-refractivity contribution in [2.24, 2.45) is 0 Å². The molecular formula is C15H16F2N2O3S. The van der Waals surface area contributed by atoms with E-state index < -0.39 is 18.7 Å². The van der Waals surface area contributed by atoms with Gasteiger partial charge in [-0.15, -0.1) is 0 Å². The first-order chi connectivity index (χ1) is 11.0. The molecule has 1 unspecified atom stereocenters. The second-order valence-electron chi connectivity index (χ2n) is 4.66. The highest BCUT2D eigenvalue weighted by Gasteiger charge is 2.10. The molecule has 3 N–H and O–H groups in total. The van der Waals surface area contributed by atoms with Gasteiger partial charge in [0.25, 0.3) is 0 Å². The van der Waals surface area contributed by atoms with Gasteiger partial charge in [-0.25, -0.2) is 4.79 Å². The molecule has 0 aliphatic rings. The number of nitrogens with one attached hydrogen (secondary N) is 2. The number of aliphatic hydroxyl groups is 1. The van der Waals surface area contributed by atoms with Crippen LogP contribution in [0.15, 0.2) is 41.1 Å². The predicted octanol–water partition coefficient (Wildman–Crippen LogP) is 2.88. The molecule has 2 aromatic rings. The van der Waals surface area contributed by atoms with Crippen LogP contribution >= 0.6 is 11.3 Å². The van der Waals surface area contributed by atoms with Gasteiger partial charge < -0.3 is 20.5 Å². The molecule has 124 valence electrons. The minimum atomic E-state index is -2.89. The highest BCUT2D eigenvalue weighted by molar-refractivity contribution is 7.07. The number of urea groups is 1. The van der Waals surface area contributed by atoms with E-state index in [-0.39, 0.29) is 12.3 Å². The summed E-state index contributed by atoms with van der Waals surface area (Å²) in [6.45, 7) is -2.48. The fourth-order valence-corrected chi connectivity index (χ4v) is 2.49. The molecule has 2 amide bonds. The van der Waals surface area contributed by atoms with Crippen LogP contribution in [0.4, 0.5) is 13.6 Å². The minimum absolute atomic E-state index is 0.00449. The van der Waals surface area contributed by atoms with Crippen LogP contribution in [0, 0.1) is 0 Å². The number of rotatable bonds is 7. The van der Waals surface area contributed by atoms with E-state index in [1.807, 2.05) is 16.8 Å². The van der Waals surface area contributed by atoms with E-state index in [4.69, 9.17) is 0 Å². The van der Waals surface area contributed by atoms with E-state index in [1.54, 1.807) is 11.3 Å². The topological polar surface area (TPSA) is 70.6 Å². The fourth-order valence-electron chi connectivity index (χ4n) is 1.82. The van der Waals surface area contributed by atoms with E-state index in [0.29, 0.717) is 12.1 Å². The average molecular weight is 342 g/mol. The number of carbonyl (C=O) groups excluding carboxylic acids is 1. The van der Waals surface area contributed by atoms with Crippen molar-refractivity contribution in [2.75, 3.05) is 6.54 Å². The van der Waals surface area contributed by atoms with Crippen molar-refractivity contribution >= 4 is 17.4 Å². The Bertz CT molecular complexity index is 606. The Morgan fingerprint density at radius 1 is 1.22 bits per heavy atom. The molecule has 1 heterocycles. The second kappa shape index (κ2) is 8.44. The Morgan fingerprint density at radius 3 is 2.57 bits per heavy atom. The fraction of sp³-hybridized carbons (Fsp3) is 0.267. The van der Waals surface area contributed by atoms with E-state index in [2.05, 4.69) is 15.4 Å². The molecule has 0 saturated carbocycles. The van der Waals surface area contributed by atoms with Crippen LogP contribution in [0.2, 0.25) is 0 Å². The molecule has 1 aromatic heterocycles. The summed E-state index contributed by atoms with van der Waals surface area (Å²) in [5, 5.41) is 19.0. The molecule has 0 aliphatic heterocycles. The molecule has 0 fully saturated rings. The number of aliphatic hydroxyl groups excluding tert-OH is 1. The zero-order valence-corrected chi connectivity index (χ0v) is 12.9. The van der Waals surface area contributed by atoms with Crippen LogP contribution in [-0.2, 0) is 6.54 Å². The lowest BCUT2D eigenvalue weighted by Gasteiger charge is -2.13. The van der Waals surface area contributed by atoms with Crippen molar-refractivity contribution in [3.05, 3.63) is 52.2 Å². The molecule has 0 aliphatic carbocycles. The van der Waals surface area contributed by atoms with Crippen LogP contribution < -0.4 is 15.4 Å². The van der Waals surface area contributed by atoms with Gasteiger partial charge in [0.2, 0.25) is 0 Å². The Balaban J connectivity index is 1.75. The molecular weight excluding hydrogens is 326 g/mol. The van der Waals surface area contributed by atoms with Gasteiger partial charge in [-0.05, 0) is 40.1 Å². The molecule has 0 bridgehead atoms. The Morgan fingerprint density at radius 2 is 1.96 bits per heavy atom. The zero-order valence-electron chi connectivity index (χ0n) is 12.0. The van der Waals surface area contributed by atoms with Crippen molar-refractivity contribution in [2.45, 2.75) is 19.3 Å². The van der Waals surface area contributed by atoms with Gasteiger partial charge >= 0.3 is 12.6 Å². The number of carbonyl (C=O) groups is 1. The summed E-state index contributed by atoms with van der Waals surface area (Å²) in [7, 11) is 0. The van der Waals surface area contributed by atoms with Crippen LogP contribution in [0.25, 0.3) is 0 Å². The first-order valence-corrected chi connectivity index (χ1v) is 7.74. The molecule has 5 nitrogen and oxygen atoms in total. The highest BCUT2D eigenvalue weighted by atomic mass is 32.1. The number of hydrogen-bond acceptors (Lipinski definition) is 4. The summed E-state index contributed by atoms with van der Waals surface area (Å²) in [6.07, 6.45) is -0.942. The summed E-state index contributed by atoms with van der Waals surface area (Å²) in [5.74, 6) is 0.0115. The van der Waals surface area contributed by atoms with Gasteiger partial charge in [0, 0.05) is 13.1 Å². The molecule has 0 saturated heterocycles. The standard InChI is InChI=1S/C15H16F2N2O3S/c16-14(17)22-12-3-1-11(2-4-12)13(20)8-19-15(21)18-7-10-5-6-23-9-10/h1-6,9,13-14,20H,7-8H2,(H2,18,19,21). The normalized spacial score (nSPS) is 12.0. The lowest BCUT2D eigenvalue weighted by molar-refractivity contribution is -0.0498. The number of alkyl halides is 2. The van der Waals surface area contributed by atoms with E-state index >= 15 is 0 Å². The maximum Gasteiger partial charge on any atom is 0.387 e. The lowest BCUT2D eigenvalue weighted by Crippen LogP contribution is -2.37. The van der Waals surface area contributed by atoms with Crippen molar-refractivity contribution in [3.63, 3.8) is 0 Å². The maximum atomic E-state index is 12.0. The molecule has 0 spiro atoms. The molecule has 8 heteroatoms. The number of ether oxygens (including phenoxy) is 1. The number of benzene rings is 1. The summed E-state index contributed by atoms with van der Waals surface area (Å²) in [6, 6.07) is 7.11. The Kier molecular flexibility index (Phi) is 6.30. The number of amides is 2. The molecule has 1 atom stereocenters. The summed E-state index contributed by atoms with van der Waals surface area (Å²) >= 11 is 1.54. The van der Waals surface area contributed by atoms with Gasteiger partial charge in [-0.2, -0.15) is 20.1 Å². The number of thiophene rings is 1. The Labute approximate surface area is 135 Å². The second-order valence-corrected chi connectivity index (χ2v) is 5.44.